The molecule has 110 valence electrons. The first kappa shape index (κ1) is 15.9. The zero-order chi connectivity index (χ0) is 15.3. The summed E-state index contributed by atoms with van der Waals surface area (Å²) in [5, 5.41) is 11.0. The van der Waals surface area contributed by atoms with Crippen LogP contribution in [-0.2, 0) is 0 Å². The Morgan fingerprint density at radius 2 is 1.90 bits per heavy atom. The number of hydrogen-bond acceptors (Lipinski definition) is 2. The van der Waals surface area contributed by atoms with Crippen LogP contribution >= 0.6 is 0 Å². The molecular weight excluding hydrogens is 270 g/mol. The van der Waals surface area contributed by atoms with Crippen LogP contribution in [0, 0.1) is 11.6 Å². The number of hydrogen-bond donors (Lipinski definition) is 2. The summed E-state index contributed by atoms with van der Waals surface area (Å²) in [6.07, 6.45) is 0.730. The number of nitrogens with zero attached hydrogens (tertiary/aromatic N) is 1. The molecule has 0 atom stereocenters. The van der Waals surface area contributed by atoms with Crippen molar-refractivity contribution in [2.45, 2.75) is 20.3 Å². The topological polar surface area (TPSA) is 69.6 Å². The maximum absolute atomic E-state index is 13.5. The number of carbonyl (C=O) groups excluding carboxylic acids is 1. The Morgan fingerprint density at radius 3 is 2.40 bits per heavy atom. The molecule has 0 spiro atoms. The second-order valence-electron chi connectivity index (χ2n) is 4.13. The number of carboxylic acid groups (broad SMARTS) is 1. The van der Waals surface area contributed by atoms with Crippen molar-refractivity contribution < 1.29 is 23.5 Å². The van der Waals surface area contributed by atoms with Crippen molar-refractivity contribution in [1.29, 1.82) is 0 Å². The molecule has 0 saturated carbocycles. The van der Waals surface area contributed by atoms with Gasteiger partial charge in [0, 0.05) is 19.2 Å². The zero-order valence-corrected chi connectivity index (χ0v) is 11.2. The van der Waals surface area contributed by atoms with Crippen LogP contribution in [0.3, 0.4) is 0 Å². The molecule has 2 N–H and O–H groups in total. The highest BCUT2D eigenvalue weighted by Gasteiger charge is 2.18. The van der Waals surface area contributed by atoms with Gasteiger partial charge in [-0.2, -0.15) is 0 Å². The van der Waals surface area contributed by atoms with Crippen molar-refractivity contribution in [2.75, 3.05) is 18.4 Å². The van der Waals surface area contributed by atoms with Crippen LogP contribution in [0.15, 0.2) is 12.1 Å². The van der Waals surface area contributed by atoms with Crippen LogP contribution in [0.4, 0.5) is 19.3 Å². The fraction of sp³-hybridized carbons (Fsp3) is 0.385. The third kappa shape index (κ3) is 3.66. The van der Waals surface area contributed by atoms with E-state index in [9.17, 15) is 18.4 Å². The lowest BCUT2D eigenvalue weighted by Gasteiger charge is -2.20. The first-order chi connectivity index (χ1) is 9.40. The summed E-state index contributed by atoms with van der Waals surface area (Å²) in [6.45, 7) is 4.56. The predicted molar refractivity (Wildman–Crippen MR) is 69.9 cm³/mol. The SMILES string of the molecule is CCCN(CC)C(=O)Nc1cc(C(=O)O)c(F)cc1F. The van der Waals surface area contributed by atoms with E-state index in [4.69, 9.17) is 5.11 Å². The number of aromatic carboxylic acids is 1. The van der Waals surface area contributed by atoms with E-state index in [0.717, 1.165) is 12.5 Å². The second kappa shape index (κ2) is 6.83. The number of rotatable bonds is 5. The summed E-state index contributed by atoms with van der Waals surface area (Å²) in [7, 11) is 0. The van der Waals surface area contributed by atoms with E-state index < -0.39 is 29.2 Å². The van der Waals surface area contributed by atoms with Gasteiger partial charge in [-0.3, -0.25) is 0 Å². The highest BCUT2D eigenvalue weighted by Crippen LogP contribution is 2.20. The third-order valence-electron chi connectivity index (χ3n) is 2.69. The molecule has 0 unspecified atom stereocenters. The fourth-order valence-corrected chi connectivity index (χ4v) is 1.68. The van der Waals surface area contributed by atoms with Crippen molar-refractivity contribution in [1.82, 2.24) is 4.90 Å². The molecule has 0 radical (unpaired) electrons. The van der Waals surface area contributed by atoms with Gasteiger partial charge in [0.25, 0.3) is 0 Å². The average Bonchev–Trinajstić information content (AvgIpc) is 2.38. The molecule has 0 heterocycles. The molecule has 0 fully saturated rings. The smallest absolute Gasteiger partial charge is 0.338 e. The van der Waals surface area contributed by atoms with E-state index in [1.165, 1.54) is 4.90 Å². The van der Waals surface area contributed by atoms with Gasteiger partial charge in [-0.05, 0) is 19.4 Å². The number of carboxylic acids is 1. The molecule has 1 rings (SSSR count). The first-order valence-corrected chi connectivity index (χ1v) is 6.18. The molecule has 0 aliphatic heterocycles. The van der Waals surface area contributed by atoms with Gasteiger partial charge in [0.15, 0.2) is 0 Å². The molecule has 0 saturated heterocycles. The van der Waals surface area contributed by atoms with Crippen molar-refractivity contribution in [3.63, 3.8) is 0 Å². The highest BCUT2D eigenvalue weighted by atomic mass is 19.1. The minimum atomic E-state index is -1.53. The van der Waals surface area contributed by atoms with Gasteiger partial charge in [0.1, 0.15) is 11.6 Å². The molecule has 1 aromatic rings. The largest absolute Gasteiger partial charge is 0.478 e. The Bertz CT molecular complexity index is 521. The maximum Gasteiger partial charge on any atom is 0.338 e. The normalized spacial score (nSPS) is 10.2. The van der Waals surface area contributed by atoms with Crippen LogP contribution in [0.1, 0.15) is 30.6 Å². The van der Waals surface area contributed by atoms with Gasteiger partial charge in [-0.1, -0.05) is 6.92 Å². The van der Waals surface area contributed by atoms with Crippen LogP contribution in [0.2, 0.25) is 0 Å². The summed E-state index contributed by atoms with van der Waals surface area (Å²) < 4.78 is 26.8. The van der Waals surface area contributed by atoms with E-state index in [0.29, 0.717) is 19.2 Å². The number of nitrogens with one attached hydrogen (secondary N) is 1. The number of benzene rings is 1. The summed E-state index contributed by atoms with van der Waals surface area (Å²) in [5.41, 5.74) is -1.05. The average molecular weight is 286 g/mol. The maximum atomic E-state index is 13.5. The van der Waals surface area contributed by atoms with Gasteiger partial charge >= 0.3 is 12.0 Å². The molecule has 0 aliphatic rings. The summed E-state index contributed by atoms with van der Waals surface area (Å²) in [6, 6.07) is 0.649. The Balaban J connectivity index is 3.00. The van der Waals surface area contributed by atoms with Crippen molar-refractivity contribution in [3.05, 3.63) is 29.3 Å². The number of anilines is 1. The number of amides is 2. The minimum absolute atomic E-state index is 0.358. The molecule has 1 aromatic carbocycles. The lowest BCUT2D eigenvalue weighted by atomic mass is 10.2. The van der Waals surface area contributed by atoms with Gasteiger partial charge in [0.05, 0.1) is 11.3 Å². The lowest BCUT2D eigenvalue weighted by molar-refractivity contribution is 0.0691. The highest BCUT2D eigenvalue weighted by molar-refractivity contribution is 5.93. The number of carbonyl (C=O) groups is 2. The van der Waals surface area contributed by atoms with E-state index in [1.54, 1.807) is 6.92 Å². The fourth-order valence-electron chi connectivity index (χ4n) is 1.68. The molecule has 5 nitrogen and oxygen atoms in total. The molecule has 2 amide bonds. The van der Waals surface area contributed by atoms with E-state index >= 15 is 0 Å². The monoisotopic (exact) mass is 286 g/mol. The summed E-state index contributed by atoms with van der Waals surface area (Å²) in [5.74, 6) is -3.73. The lowest BCUT2D eigenvalue weighted by Crippen LogP contribution is -2.35. The quantitative estimate of drug-likeness (QED) is 0.874. The summed E-state index contributed by atoms with van der Waals surface area (Å²) >= 11 is 0. The second-order valence-corrected chi connectivity index (χ2v) is 4.13. The number of halogens is 2. The van der Waals surface area contributed by atoms with Crippen molar-refractivity contribution >= 4 is 17.7 Å². The van der Waals surface area contributed by atoms with Crippen LogP contribution in [0.5, 0.6) is 0 Å². The molecule has 0 bridgehead atoms. The van der Waals surface area contributed by atoms with Crippen molar-refractivity contribution in [3.8, 4) is 0 Å². The van der Waals surface area contributed by atoms with Crippen molar-refractivity contribution in [2.24, 2.45) is 0 Å². The standard InChI is InChI=1S/C13H16F2N2O3/c1-3-5-17(4-2)13(20)16-11-6-8(12(18)19)9(14)7-10(11)15/h6-7H,3-5H2,1-2H3,(H,16,20)(H,18,19). The van der Waals surface area contributed by atoms with Crippen LogP contribution in [-0.4, -0.2) is 35.1 Å². The van der Waals surface area contributed by atoms with Gasteiger partial charge < -0.3 is 15.3 Å². The third-order valence-corrected chi connectivity index (χ3v) is 2.69. The van der Waals surface area contributed by atoms with Crippen LogP contribution < -0.4 is 5.32 Å². The van der Waals surface area contributed by atoms with E-state index in [-0.39, 0.29) is 5.69 Å². The Labute approximate surface area is 115 Å². The predicted octanol–water partition coefficient (Wildman–Crippen LogP) is 2.93. The van der Waals surface area contributed by atoms with E-state index in [2.05, 4.69) is 5.32 Å². The molecule has 20 heavy (non-hydrogen) atoms. The van der Waals surface area contributed by atoms with Gasteiger partial charge in [-0.25, -0.2) is 18.4 Å². The molecule has 0 aromatic heterocycles. The van der Waals surface area contributed by atoms with E-state index in [1.807, 2.05) is 6.92 Å². The zero-order valence-electron chi connectivity index (χ0n) is 11.2. The Morgan fingerprint density at radius 1 is 1.25 bits per heavy atom. The first-order valence-electron chi connectivity index (χ1n) is 6.18. The molecule has 0 aliphatic carbocycles. The van der Waals surface area contributed by atoms with Gasteiger partial charge in [0.2, 0.25) is 0 Å². The summed E-state index contributed by atoms with van der Waals surface area (Å²) in [4.78, 5) is 24.1. The van der Waals surface area contributed by atoms with Gasteiger partial charge in [-0.15, -0.1) is 0 Å². The van der Waals surface area contributed by atoms with Crippen LogP contribution in [0.25, 0.3) is 0 Å². The minimum Gasteiger partial charge on any atom is -0.478 e. The molecule has 7 heteroatoms. The Kier molecular flexibility index (Phi) is 5.42. The number of urea groups is 1. The molecular formula is C13H16F2N2O3. The Hall–Kier alpha value is -2.18.